The quantitative estimate of drug-likeness (QED) is 0.733. The van der Waals surface area contributed by atoms with Gasteiger partial charge in [-0.3, -0.25) is 0 Å². The second kappa shape index (κ2) is 4.37. The molecule has 2 heterocycles. The van der Waals surface area contributed by atoms with Gasteiger partial charge in [-0.15, -0.1) is 22.7 Å². The van der Waals surface area contributed by atoms with E-state index in [-0.39, 0.29) is 0 Å². The van der Waals surface area contributed by atoms with Gasteiger partial charge in [-0.2, -0.15) is 0 Å². The molecule has 4 heteroatoms. The zero-order valence-corrected chi connectivity index (χ0v) is 11.9. The van der Waals surface area contributed by atoms with E-state index in [1.54, 1.807) is 22.7 Å². The average molecular weight is 274 g/mol. The van der Waals surface area contributed by atoms with E-state index in [1.165, 1.54) is 19.8 Å². The van der Waals surface area contributed by atoms with Crippen LogP contribution in [0.1, 0.15) is 24.6 Å². The maximum absolute atomic E-state index is 5.86. The first-order chi connectivity index (χ1) is 8.65. The number of rotatable bonds is 2. The molecule has 0 aliphatic carbocycles. The van der Waals surface area contributed by atoms with Crippen molar-refractivity contribution in [3.8, 4) is 10.6 Å². The first kappa shape index (κ1) is 11.7. The van der Waals surface area contributed by atoms with Crippen LogP contribution in [0.5, 0.6) is 0 Å². The summed E-state index contributed by atoms with van der Waals surface area (Å²) in [5.41, 5.74) is 6.92. The number of anilines is 1. The van der Waals surface area contributed by atoms with E-state index in [0.29, 0.717) is 11.0 Å². The van der Waals surface area contributed by atoms with Gasteiger partial charge < -0.3 is 5.73 Å². The Hall–Kier alpha value is -1.39. The Morgan fingerprint density at radius 3 is 2.67 bits per heavy atom. The van der Waals surface area contributed by atoms with Crippen LogP contribution >= 0.6 is 22.7 Å². The number of nitrogens with zero attached hydrogens (tertiary/aromatic N) is 1. The minimum absolute atomic E-state index is 0.458. The standard InChI is InChI=1S/C14H14N2S2/c1-8(2)13-12(16-14(15)18-13)11-7-9-5-3-4-6-10(9)17-11/h3-8H,1-2H3,(H2,15,16). The van der Waals surface area contributed by atoms with Crippen LogP contribution in [0.3, 0.4) is 0 Å². The predicted molar refractivity (Wildman–Crippen MR) is 81.4 cm³/mol. The van der Waals surface area contributed by atoms with Gasteiger partial charge in [0.25, 0.3) is 0 Å². The van der Waals surface area contributed by atoms with Gasteiger partial charge in [0.2, 0.25) is 0 Å². The third kappa shape index (κ3) is 1.91. The Morgan fingerprint density at radius 2 is 1.94 bits per heavy atom. The lowest BCUT2D eigenvalue weighted by atomic mass is 10.1. The summed E-state index contributed by atoms with van der Waals surface area (Å²) in [4.78, 5) is 7.00. The van der Waals surface area contributed by atoms with Crippen LogP contribution in [0.4, 0.5) is 5.13 Å². The fraction of sp³-hybridized carbons (Fsp3) is 0.214. The summed E-state index contributed by atoms with van der Waals surface area (Å²) in [5, 5.41) is 1.94. The molecule has 0 spiro atoms. The molecule has 0 bridgehead atoms. The molecule has 2 nitrogen and oxygen atoms in total. The summed E-state index contributed by atoms with van der Waals surface area (Å²) in [6, 6.07) is 10.6. The Bertz CT molecular complexity index is 662. The molecule has 0 saturated carbocycles. The molecule has 2 aromatic heterocycles. The maximum atomic E-state index is 5.86. The van der Waals surface area contributed by atoms with Crippen LogP contribution in [-0.4, -0.2) is 4.98 Å². The van der Waals surface area contributed by atoms with Crippen LogP contribution in [0.2, 0.25) is 0 Å². The third-order valence-corrected chi connectivity index (χ3v) is 5.16. The Morgan fingerprint density at radius 1 is 1.17 bits per heavy atom. The van der Waals surface area contributed by atoms with E-state index < -0.39 is 0 Å². The number of nitrogen functional groups attached to an aromatic ring is 1. The molecular weight excluding hydrogens is 260 g/mol. The molecular formula is C14H14N2S2. The van der Waals surface area contributed by atoms with Gasteiger partial charge in [0.1, 0.15) is 0 Å². The monoisotopic (exact) mass is 274 g/mol. The van der Waals surface area contributed by atoms with E-state index >= 15 is 0 Å². The van der Waals surface area contributed by atoms with Crippen molar-refractivity contribution in [2.45, 2.75) is 19.8 Å². The van der Waals surface area contributed by atoms with Crippen LogP contribution in [0, 0.1) is 0 Å². The van der Waals surface area contributed by atoms with Gasteiger partial charge >= 0.3 is 0 Å². The summed E-state index contributed by atoms with van der Waals surface area (Å²) >= 11 is 3.38. The van der Waals surface area contributed by atoms with Gasteiger partial charge in [0.05, 0.1) is 10.6 Å². The number of aromatic nitrogens is 1. The van der Waals surface area contributed by atoms with Gasteiger partial charge in [0, 0.05) is 9.58 Å². The van der Waals surface area contributed by atoms with E-state index in [1.807, 2.05) is 0 Å². The van der Waals surface area contributed by atoms with Crippen molar-refractivity contribution in [2.24, 2.45) is 0 Å². The highest BCUT2D eigenvalue weighted by atomic mass is 32.1. The van der Waals surface area contributed by atoms with Crippen molar-refractivity contribution in [1.82, 2.24) is 4.98 Å². The highest BCUT2D eigenvalue weighted by Crippen LogP contribution is 2.40. The van der Waals surface area contributed by atoms with Crippen molar-refractivity contribution < 1.29 is 0 Å². The molecule has 0 atom stereocenters. The molecule has 3 rings (SSSR count). The molecule has 3 aromatic rings. The first-order valence-electron chi connectivity index (χ1n) is 5.90. The zero-order valence-electron chi connectivity index (χ0n) is 10.3. The van der Waals surface area contributed by atoms with Gasteiger partial charge in [0.15, 0.2) is 5.13 Å². The van der Waals surface area contributed by atoms with Crippen molar-refractivity contribution in [3.63, 3.8) is 0 Å². The smallest absolute Gasteiger partial charge is 0.180 e. The number of hydrogen-bond donors (Lipinski definition) is 1. The molecule has 18 heavy (non-hydrogen) atoms. The lowest BCUT2D eigenvalue weighted by Crippen LogP contribution is -1.86. The van der Waals surface area contributed by atoms with Crippen LogP contribution < -0.4 is 5.73 Å². The summed E-state index contributed by atoms with van der Waals surface area (Å²) in [7, 11) is 0. The van der Waals surface area contributed by atoms with Crippen molar-refractivity contribution in [2.75, 3.05) is 5.73 Å². The van der Waals surface area contributed by atoms with Gasteiger partial charge in [-0.25, -0.2) is 4.98 Å². The van der Waals surface area contributed by atoms with Gasteiger partial charge in [-0.1, -0.05) is 32.0 Å². The first-order valence-corrected chi connectivity index (χ1v) is 7.53. The topological polar surface area (TPSA) is 38.9 Å². The summed E-state index contributed by atoms with van der Waals surface area (Å²) < 4.78 is 1.30. The van der Waals surface area contributed by atoms with Crippen LogP contribution in [-0.2, 0) is 0 Å². The fourth-order valence-electron chi connectivity index (χ4n) is 2.02. The molecule has 2 N–H and O–H groups in total. The second-order valence-corrected chi connectivity index (χ2v) is 6.71. The molecule has 0 radical (unpaired) electrons. The summed E-state index contributed by atoms with van der Waals surface area (Å²) in [5.74, 6) is 0.458. The molecule has 0 unspecified atom stereocenters. The number of thiazole rings is 1. The Kier molecular flexibility index (Phi) is 2.84. The number of benzene rings is 1. The largest absolute Gasteiger partial charge is 0.375 e. The van der Waals surface area contributed by atoms with Gasteiger partial charge in [-0.05, 0) is 23.4 Å². The lowest BCUT2D eigenvalue weighted by molar-refractivity contribution is 0.888. The van der Waals surface area contributed by atoms with Crippen molar-refractivity contribution in [3.05, 3.63) is 35.2 Å². The van der Waals surface area contributed by atoms with E-state index in [2.05, 4.69) is 49.2 Å². The van der Waals surface area contributed by atoms with Crippen LogP contribution in [0.15, 0.2) is 30.3 Å². The Labute approximate surface area is 114 Å². The number of nitrogens with two attached hydrogens (primary N) is 1. The SMILES string of the molecule is CC(C)c1sc(N)nc1-c1cc2ccccc2s1. The minimum atomic E-state index is 0.458. The fourth-order valence-corrected chi connectivity index (χ4v) is 4.00. The highest BCUT2D eigenvalue weighted by molar-refractivity contribution is 7.22. The van der Waals surface area contributed by atoms with Crippen LogP contribution in [0.25, 0.3) is 20.7 Å². The van der Waals surface area contributed by atoms with E-state index in [4.69, 9.17) is 5.73 Å². The molecule has 92 valence electrons. The predicted octanol–water partition coefficient (Wildman–Crippen LogP) is 4.73. The molecule has 0 fully saturated rings. The van der Waals surface area contributed by atoms with Crippen molar-refractivity contribution in [1.29, 1.82) is 0 Å². The molecule has 1 aromatic carbocycles. The second-order valence-electron chi connectivity index (χ2n) is 4.57. The summed E-state index contributed by atoms with van der Waals surface area (Å²) in [6.45, 7) is 4.37. The Balaban J connectivity index is 2.19. The molecule has 0 aliphatic rings. The molecule has 0 aliphatic heterocycles. The van der Waals surface area contributed by atoms with E-state index in [9.17, 15) is 0 Å². The number of fused-ring (bicyclic) bond motifs is 1. The average Bonchev–Trinajstić information content (AvgIpc) is 2.91. The lowest BCUT2D eigenvalue weighted by Gasteiger charge is -2.02. The number of hydrogen-bond acceptors (Lipinski definition) is 4. The maximum Gasteiger partial charge on any atom is 0.180 e. The summed E-state index contributed by atoms with van der Waals surface area (Å²) in [6.07, 6.45) is 0. The third-order valence-electron chi connectivity index (χ3n) is 2.85. The number of thiophene rings is 1. The zero-order chi connectivity index (χ0) is 12.7. The molecule has 0 amide bonds. The normalized spacial score (nSPS) is 11.5. The van der Waals surface area contributed by atoms with E-state index in [0.717, 1.165) is 5.69 Å². The van der Waals surface area contributed by atoms with Crippen molar-refractivity contribution >= 4 is 37.9 Å². The molecule has 0 saturated heterocycles. The highest BCUT2D eigenvalue weighted by Gasteiger charge is 2.16. The minimum Gasteiger partial charge on any atom is -0.375 e.